The minimum absolute atomic E-state index is 0.206. The van der Waals surface area contributed by atoms with Crippen molar-refractivity contribution in [1.82, 2.24) is 5.32 Å². The molecule has 0 spiro atoms. The molecule has 1 heterocycles. The van der Waals surface area contributed by atoms with Gasteiger partial charge in [0.05, 0.1) is 0 Å². The fourth-order valence-electron chi connectivity index (χ4n) is 1.87. The first-order valence-electron chi connectivity index (χ1n) is 5.49. The zero-order valence-corrected chi connectivity index (χ0v) is 10.7. The second kappa shape index (κ2) is 4.09. The van der Waals surface area contributed by atoms with Crippen LogP contribution in [-0.2, 0) is 17.6 Å². The molecule has 88 valence electrons. The molecule has 3 nitrogen and oxygen atoms in total. The van der Waals surface area contributed by atoms with E-state index in [9.17, 15) is 4.79 Å². The molecule has 1 aliphatic rings. The molecule has 4 heteroatoms. The topological polar surface area (TPSA) is 38.3 Å². The standard InChI is InChI=1S/C12H17NO2S/c1-12(2,3)15-11(14)13-9-6-8-4-5-16-10(8)7-9/h4-5,9H,6-7H2,1-3H3,(H,13,14). The number of nitrogens with one attached hydrogen (secondary N) is 1. The zero-order valence-electron chi connectivity index (χ0n) is 9.87. The Kier molecular flexibility index (Phi) is 2.93. The summed E-state index contributed by atoms with van der Waals surface area (Å²) < 4.78 is 5.23. The van der Waals surface area contributed by atoms with E-state index in [1.807, 2.05) is 20.8 Å². The van der Waals surface area contributed by atoms with Crippen LogP contribution in [0.25, 0.3) is 0 Å². The molecule has 0 aromatic carbocycles. The number of hydrogen-bond donors (Lipinski definition) is 1. The van der Waals surface area contributed by atoms with E-state index in [1.165, 1.54) is 10.4 Å². The third-order valence-corrected chi connectivity index (χ3v) is 3.44. The van der Waals surface area contributed by atoms with E-state index in [4.69, 9.17) is 4.74 Å². The number of rotatable bonds is 1. The van der Waals surface area contributed by atoms with E-state index >= 15 is 0 Å². The second-order valence-electron chi connectivity index (χ2n) is 5.12. The van der Waals surface area contributed by atoms with E-state index in [2.05, 4.69) is 16.8 Å². The first-order chi connectivity index (χ1) is 7.44. The van der Waals surface area contributed by atoms with Crippen LogP contribution in [-0.4, -0.2) is 17.7 Å². The Morgan fingerprint density at radius 1 is 1.50 bits per heavy atom. The van der Waals surface area contributed by atoms with Gasteiger partial charge in [0.2, 0.25) is 0 Å². The van der Waals surface area contributed by atoms with Crippen LogP contribution in [0.3, 0.4) is 0 Å². The summed E-state index contributed by atoms with van der Waals surface area (Å²) in [4.78, 5) is 12.9. The van der Waals surface area contributed by atoms with Crippen LogP contribution in [0, 0.1) is 0 Å². The summed E-state index contributed by atoms with van der Waals surface area (Å²) in [6.07, 6.45) is 1.55. The monoisotopic (exact) mass is 239 g/mol. The molecule has 2 rings (SSSR count). The highest BCUT2D eigenvalue weighted by Gasteiger charge is 2.25. The molecular formula is C12H17NO2S. The van der Waals surface area contributed by atoms with Gasteiger partial charge in [-0.05, 0) is 44.2 Å². The molecule has 1 atom stereocenters. The summed E-state index contributed by atoms with van der Waals surface area (Å²) in [6.45, 7) is 5.62. The molecular weight excluding hydrogens is 222 g/mol. The van der Waals surface area contributed by atoms with Crippen molar-refractivity contribution in [2.75, 3.05) is 0 Å². The third-order valence-electron chi connectivity index (χ3n) is 2.46. The van der Waals surface area contributed by atoms with E-state index in [0.717, 1.165) is 12.8 Å². The largest absolute Gasteiger partial charge is 0.444 e. The lowest BCUT2D eigenvalue weighted by molar-refractivity contribution is 0.0506. The van der Waals surface area contributed by atoms with Gasteiger partial charge in [0.1, 0.15) is 5.60 Å². The third kappa shape index (κ3) is 2.76. The van der Waals surface area contributed by atoms with Gasteiger partial charge in [0.15, 0.2) is 0 Å². The molecule has 1 aromatic rings. The molecule has 16 heavy (non-hydrogen) atoms. The highest BCUT2D eigenvalue weighted by Crippen LogP contribution is 2.27. The van der Waals surface area contributed by atoms with Crippen LogP contribution < -0.4 is 5.32 Å². The van der Waals surface area contributed by atoms with Gasteiger partial charge in [0, 0.05) is 17.3 Å². The van der Waals surface area contributed by atoms with Crippen molar-refractivity contribution in [3.63, 3.8) is 0 Å². The average Bonchev–Trinajstić information content (AvgIpc) is 2.58. The zero-order chi connectivity index (χ0) is 11.8. The van der Waals surface area contributed by atoms with Crippen molar-refractivity contribution >= 4 is 17.4 Å². The molecule has 0 fully saturated rings. The molecule has 1 N–H and O–H groups in total. The number of fused-ring (bicyclic) bond motifs is 1. The maximum Gasteiger partial charge on any atom is 0.407 e. The van der Waals surface area contributed by atoms with Gasteiger partial charge in [0.25, 0.3) is 0 Å². The molecule has 1 amide bonds. The molecule has 0 bridgehead atoms. The predicted octanol–water partition coefficient (Wildman–Crippen LogP) is 2.74. The molecule has 1 aliphatic carbocycles. The number of thiophene rings is 1. The number of ether oxygens (including phenoxy) is 1. The van der Waals surface area contributed by atoms with E-state index in [-0.39, 0.29) is 12.1 Å². The minimum atomic E-state index is -0.423. The quantitative estimate of drug-likeness (QED) is 0.818. The van der Waals surface area contributed by atoms with Gasteiger partial charge in [-0.2, -0.15) is 0 Å². The number of carbonyl (C=O) groups excluding carboxylic acids is 1. The molecule has 1 aromatic heterocycles. The molecule has 1 unspecified atom stereocenters. The molecule has 0 saturated carbocycles. The summed E-state index contributed by atoms with van der Waals surface area (Å²) in [6, 6.07) is 2.34. The predicted molar refractivity (Wildman–Crippen MR) is 64.9 cm³/mol. The van der Waals surface area contributed by atoms with Crippen molar-refractivity contribution in [1.29, 1.82) is 0 Å². The minimum Gasteiger partial charge on any atom is -0.444 e. The van der Waals surface area contributed by atoms with Gasteiger partial charge in [-0.3, -0.25) is 0 Å². The van der Waals surface area contributed by atoms with Crippen molar-refractivity contribution in [2.24, 2.45) is 0 Å². The summed E-state index contributed by atoms with van der Waals surface area (Å²) in [5.74, 6) is 0. The van der Waals surface area contributed by atoms with Crippen LogP contribution >= 0.6 is 11.3 Å². The molecule has 0 saturated heterocycles. The Labute approximate surface area is 99.8 Å². The van der Waals surface area contributed by atoms with Gasteiger partial charge in [-0.25, -0.2) is 4.79 Å². The van der Waals surface area contributed by atoms with Gasteiger partial charge in [-0.1, -0.05) is 0 Å². The van der Waals surface area contributed by atoms with Crippen LogP contribution in [0.15, 0.2) is 11.4 Å². The van der Waals surface area contributed by atoms with E-state index in [1.54, 1.807) is 11.3 Å². The van der Waals surface area contributed by atoms with Gasteiger partial charge < -0.3 is 10.1 Å². The lowest BCUT2D eigenvalue weighted by Crippen LogP contribution is -2.39. The Balaban J connectivity index is 1.85. The van der Waals surface area contributed by atoms with Gasteiger partial charge >= 0.3 is 6.09 Å². The summed E-state index contributed by atoms with van der Waals surface area (Å²) in [7, 11) is 0. The Hall–Kier alpha value is -1.03. The Morgan fingerprint density at radius 2 is 2.25 bits per heavy atom. The Morgan fingerprint density at radius 3 is 2.88 bits per heavy atom. The fraction of sp³-hybridized carbons (Fsp3) is 0.583. The average molecular weight is 239 g/mol. The lowest BCUT2D eigenvalue weighted by atomic mass is 10.2. The van der Waals surface area contributed by atoms with Crippen LogP contribution in [0.5, 0.6) is 0 Å². The van der Waals surface area contributed by atoms with E-state index in [0.29, 0.717) is 0 Å². The molecule has 0 radical (unpaired) electrons. The highest BCUT2D eigenvalue weighted by atomic mass is 32.1. The van der Waals surface area contributed by atoms with Crippen LogP contribution in [0.4, 0.5) is 4.79 Å². The van der Waals surface area contributed by atoms with E-state index < -0.39 is 5.60 Å². The number of hydrogen-bond acceptors (Lipinski definition) is 3. The molecule has 0 aliphatic heterocycles. The summed E-state index contributed by atoms with van der Waals surface area (Å²) >= 11 is 1.76. The normalized spacial score (nSPS) is 19.3. The van der Waals surface area contributed by atoms with Crippen molar-refractivity contribution < 1.29 is 9.53 Å². The van der Waals surface area contributed by atoms with Gasteiger partial charge in [-0.15, -0.1) is 11.3 Å². The van der Waals surface area contributed by atoms with Crippen LogP contribution in [0.2, 0.25) is 0 Å². The van der Waals surface area contributed by atoms with Crippen molar-refractivity contribution in [3.8, 4) is 0 Å². The first kappa shape index (κ1) is 11.5. The highest BCUT2D eigenvalue weighted by molar-refractivity contribution is 7.10. The SMILES string of the molecule is CC(C)(C)OC(=O)NC1Cc2ccsc2C1. The number of alkyl carbamates (subject to hydrolysis) is 1. The second-order valence-corrected chi connectivity index (χ2v) is 6.12. The Bertz CT molecular complexity index is 371. The maximum absolute atomic E-state index is 11.6. The van der Waals surface area contributed by atoms with Crippen molar-refractivity contribution in [3.05, 3.63) is 21.9 Å². The first-order valence-corrected chi connectivity index (χ1v) is 6.37. The van der Waals surface area contributed by atoms with Crippen molar-refractivity contribution in [2.45, 2.75) is 45.3 Å². The number of amides is 1. The summed E-state index contributed by atoms with van der Waals surface area (Å²) in [5, 5.41) is 5.02. The van der Waals surface area contributed by atoms with Crippen LogP contribution in [0.1, 0.15) is 31.2 Å². The lowest BCUT2D eigenvalue weighted by Gasteiger charge is -2.21. The summed E-state index contributed by atoms with van der Waals surface area (Å²) in [5.41, 5.74) is 0.944. The smallest absolute Gasteiger partial charge is 0.407 e. The maximum atomic E-state index is 11.6. The fourth-order valence-corrected chi connectivity index (χ4v) is 2.86. The number of carbonyl (C=O) groups is 1.